The Morgan fingerprint density at radius 2 is 2.06 bits per heavy atom. The van der Waals surface area contributed by atoms with Gasteiger partial charge in [-0.3, -0.25) is 4.79 Å². The third-order valence-electron chi connectivity index (χ3n) is 2.88. The van der Waals surface area contributed by atoms with Gasteiger partial charge >= 0.3 is 0 Å². The number of hydrogen-bond acceptors (Lipinski definition) is 7. The summed E-state index contributed by atoms with van der Waals surface area (Å²) in [6.07, 6.45) is -4.64. The summed E-state index contributed by atoms with van der Waals surface area (Å²) in [6, 6.07) is -0.949. The standard InChI is InChI=1S/C10H19NO7/c12-3-6(15)9(17)10-8(11-7(16)4-13)5(14)1-2-18-10/h5-6,8-10,12-15,17H,1-4H2,(H,11,16)/t5?,6?,8?,9-,10?/m1/s1. The topological polar surface area (TPSA) is 139 Å². The van der Waals surface area contributed by atoms with Gasteiger partial charge in [0.15, 0.2) is 0 Å². The zero-order valence-electron chi connectivity index (χ0n) is 9.77. The van der Waals surface area contributed by atoms with Gasteiger partial charge in [0.25, 0.3) is 0 Å². The molecule has 5 atom stereocenters. The molecule has 1 amide bonds. The van der Waals surface area contributed by atoms with Gasteiger partial charge in [-0.05, 0) is 6.42 Å². The fraction of sp³-hybridized carbons (Fsp3) is 0.900. The van der Waals surface area contributed by atoms with Crippen LogP contribution in [0.4, 0.5) is 0 Å². The van der Waals surface area contributed by atoms with Gasteiger partial charge < -0.3 is 35.6 Å². The Labute approximate surface area is 104 Å². The highest BCUT2D eigenvalue weighted by Crippen LogP contribution is 2.19. The van der Waals surface area contributed by atoms with E-state index in [1.165, 1.54) is 0 Å². The number of hydrogen-bond donors (Lipinski definition) is 6. The van der Waals surface area contributed by atoms with Crippen LogP contribution in [0.15, 0.2) is 0 Å². The van der Waals surface area contributed by atoms with E-state index in [2.05, 4.69) is 5.32 Å². The maximum Gasteiger partial charge on any atom is 0.246 e. The van der Waals surface area contributed by atoms with E-state index in [9.17, 15) is 20.1 Å². The molecule has 1 fully saturated rings. The maximum absolute atomic E-state index is 11.1. The lowest BCUT2D eigenvalue weighted by atomic mass is 9.93. The normalized spacial score (nSPS) is 31.7. The van der Waals surface area contributed by atoms with E-state index in [-0.39, 0.29) is 13.0 Å². The molecular formula is C10H19NO7. The first-order valence-electron chi connectivity index (χ1n) is 5.68. The van der Waals surface area contributed by atoms with Crippen molar-refractivity contribution >= 4 is 5.91 Å². The van der Waals surface area contributed by atoms with E-state index >= 15 is 0 Å². The number of amides is 1. The number of aliphatic hydroxyl groups excluding tert-OH is 5. The first kappa shape index (κ1) is 15.3. The molecule has 1 rings (SSSR count). The molecule has 1 aliphatic heterocycles. The minimum Gasteiger partial charge on any atom is -0.394 e. The zero-order chi connectivity index (χ0) is 13.7. The quantitative estimate of drug-likeness (QED) is 0.301. The minimum absolute atomic E-state index is 0.159. The predicted octanol–water partition coefficient (Wildman–Crippen LogP) is -3.67. The predicted molar refractivity (Wildman–Crippen MR) is 58.5 cm³/mol. The van der Waals surface area contributed by atoms with Crippen LogP contribution in [-0.2, 0) is 9.53 Å². The molecule has 0 bridgehead atoms. The molecule has 0 aromatic heterocycles. The summed E-state index contributed by atoms with van der Waals surface area (Å²) in [5.41, 5.74) is 0. The summed E-state index contributed by atoms with van der Waals surface area (Å²) in [5, 5.41) is 48.6. The molecule has 106 valence electrons. The number of rotatable bonds is 5. The second kappa shape index (κ2) is 6.98. The van der Waals surface area contributed by atoms with Gasteiger partial charge in [-0.1, -0.05) is 0 Å². The summed E-state index contributed by atoms with van der Waals surface area (Å²) in [4.78, 5) is 11.1. The lowest BCUT2D eigenvalue weighted by molar-refractivity contribution is -0.157. The molecule has 4 unspecified atom stereocenters. The van der Waals surface area contributed by atoms with Crippen molar-refractivity contribution in [2.75, 3.05) is 19.8 Å². The molecule has 0 saturated carbocycles. The molecule has 1 aliphatic rings. The summed E-state index contributed by atoms with van der Waals surface area (Å²) in [6.45, 7) is -1.26. The van der Waals surface area contributed by atoms with E-state index in [0.29, 0.717) is 0 Å². The number of carbonyl (C=O) groups is 1. The molecule has 0 aromatic carbocycles. The van der Waals surface area contributed by atoms with Gasteiger partial charge in [-0.2, -0.15) is 0 Å². The lowest BCUT2D eigenvalue weighted by Crippen LogP contribution is -2.61. The Morgan fingerprint density at radius 3 is 2.61 bits per heavy atom. The largest absolute Gasteiger partial charge is 0.394 e. The Bertz CT molecular complexity index is 275. The molecule has 0 radical (unpaired) electrons. The van der Waals surface area contributed by atoms with Gasteiger partial charge in [0, 0.05) is 6.61 Å². The summed E-state index contributed by atoms with van der Waals surface area (Å²) in [7, 11) is 0. The first-order valence-corrected chi connectivity index (χ1v) is 5.68. The highest BCUT2D eigenvalue weighted by Gasteiger charge is 2.40. The van der Waals surface area contributed by atoms with Gasteiger partial charge in [0.1, 0.15) is 24.9 Å². The lowest BCUT2D eigenvalue weighted by Gasteiger charge is -2.39. The van der Waals surface area contributed by atoms with Crippen LogP contribution in [0.3, 0.4) is 0 Å². The summed E-state index contributed by atoms with van der Waals surface area (Å²) in [5.74, 6) is -0.722. The van der Waals surface area contributed by atoms with E-state index in [0.717, 1.165) is 0 Å². The highest BCUT2D eigenvalue weighted by molar-refractivity contribution is 5.77. The molecule has 8 nitrogen and oxygen atoms in total. The summed E-state index contributed by atoms with van der Waals surface area (Å²) < 4.78 is 5.21. The molecule has 6 N–H and O–H groups in total. The molecule has 0 spiro atoms. The van der Waals surface area contributed by atoms with Gasteiger partial charge in [0.2, 0.25) is 5.91 Å². The molecule has 18 heavy (non-hydrogen) atoms. The van der Waals surface area contributed by atoms with E-state index in [1.807, 2.05) is 0 Å². The van der Waals surface area contributed by atoms with Crippen molar-refractivity contribution in [2.45, 2.75) is 36.9 Å². The molecule has 0 aliphatic carbocycles. The Hall–Kier alpha value is -0.770. The Balaban J connectivity index is 2.74. The van der Waals surface area contributed by atoms with Crippen LogP contribution in [0.5, 0.6) is 0 Å². The van der Waals surface area contributed by atoms with Gasteiger partial charge in [-0.15, -0.1) is 0 Å². The van der Waals surface area contributed by atoms with Gasteiger partial charge in [-0.25, -0.2) is 0 Å². The molecular weight excluding hydrogens is 246 g/mol. The average molecular weight is 265 g/mol. The second-order valence-electron chi connectivity index (χ2n) is 4.18. The van der Waals surface area contributed by atoms with E-state index in [4.69, 9.17) is 14.9 Å². The maximum atomic E-state index is 11.1. The van der Waals surface area contributed by atoms with Crippen LogP contribution in [0.1, 0.15) is 6.42 Å². The van der Waals surface area contributed by atoms with Crippen molar-refractivity contribution in [3.8, 4) is 0 Å². The summed E-state index contributed by atoms with van der Waals surface area (Å²) >= 11 is 0. The molecule has 8 heteroatoms. The number of nitrogens with one attached hydrogen (secondary N) is 1. The zero-order valence-corrected chi connectivity index (χ0v) is 9.77. The van der Waals surface area contributed by atoms with Crippen molar-refractivity contribution in [3.63, 3.8) is 0 Å². The van der Waals surface area contributed by atoms with Gasteiger partial charge in [0.05, 0.1) is 18.8 Å². The molecule has 1 heterocycles. The van der Waals surface area contributed by atoms with Crippen molar-refractivity contribution in [3.05, 3.63) is 0 Å². The second-order valence-corrected chi connectivity index (χ2v) is 4.18. The fourth-order valence-electron chi connectivity index (χ4n) is 1.87. The number of aliphatic hydroxyl groups is 5. The average Bonchev–Trinajstić information content (AvgIpc) is 2.39. The van der Waals surface area contributed by atoms with Crippen molar-refractivity contribution in [1.29, 1.82) is 0 Å². The first-order chi connectivity index (χ1) is 8.51. The van der Waals surface area contributed by atoms with Crippen molar-refractivity contribution in [2.24, 2.45) is 0 Å². The molecule has 1 saturated heterocycles. The van der Waals surface area contributed by atoms with Crippen molar-refractivity contribution in [1.82, 2.24) is 5.32 Å². The monoisotopic (exact) mass is 265 g/mol. The molecule has 0 aromatic rings. The third kappa shape index (κ3) is 3.61. The smallest absolute Gasteiger partial charge is 0.246 e. The van der Waals surface area contributed by atoms with Crippen LogP contribution in [0, 0.1) is 0 Å². The van der Waals surface area contributed by atoms with E-state index in [1.54, 1.807) is 0 Å². The Morgan fingerprint density at radius 1 is 1.39 bits per heavy atom. The third-order valence-corrected chi connectivity index (χ3v) is 2.88. The van der Waals surface area contributed by atoms with Crippen LogP contribution in [0.25, 0.3) is 0 Å². The van der Waals surface area contributed by atoms with Crippen LogP contribution in [-0.4, -0.2) is 81.7 Å². The minimum atomic E-state index is -1.45. The fourth-order valence-corrected chi connectivity index (χ4v) is 1.87. The number of ether oxygens (including phenoxy) is 1. The van der Waals surface area contributed by atoms with Crippen LogP contribution < -0.4 is 5.32 Å². The SMILES string of the molecule is O=C(CO)NC1C(O)CCOC1[C@H](O)C(O)CO. The van der Waals surface area contributed by atoms with Crippen LogP contribution in [0.2, 0.25) is 0 Å². The number of carbonyl (C=O) groups excluding carboxylic acids is 1. The van der Waals surface area contributed by atoms with Crippen molar-refractivity contribution < 1.29 is 35.1 Å². The van der Waals surface area contributed by atoms with Crippen LogP contribution >= 0.6 is 0 Å². The Kier molecular flexibility index (Phi) is 5.93. The van der Waals surface area contributed by atoms with E-state index < -0.39 is 49.6 Å². The highest BCUT2D eigenvalue weighted by atomic mass is 16.5.